The van der Waals surface area contributed by atoms with Crippen molar-refractivity contribution >= 4 is 22.7 Å². The van der Waals surface area contributed by atoms with E-state index in [0.717, 1.165) is 22.2 Å². The fourth-order valence-electron chi connectivity index (χ4n) is 2.37. The van der Waals surface area contributed by atoms with Crippen LogP contribution < -0.4 is 11.1 Å². The highest BCUT2D eigenvalue weighted by molar-refractivity contribution is 5.92. The van der Waals surface area contributed by atoms with Crippen molar-refractivity contribution in [2.45, 2.75) is 13.0 Å². The monoisotopic (exact) mass is 298 g/mol. The maximum Gasteiger partial charge on any atom is 0.222 e. The molecule has 0 fully saturated rings. The lowest BCUT2D eigenvalue weighted by Crippen LogP contribution is -2.22. The summed E-state index contributed by atoms with van der Waals surface area (Å²) in [5.41, 5.74) is 8.54. The van der Waals surface area contributed by atoms with Gasteiger partial charge in [0.05, 0.1) is 17.8 Å². The van der Waals surface area contributed by atoms with E-state index >= 15 is 0 Å². The van der Waals surface area contributed by atoms with Crippen molar-refractivity contribution in [1.82, 2.24) is 20.2 Å². The van der Waals surface area contributed by atoms with Gasteiger partial charge in [-0.15, -0.1) is 0 Å². The minimum Gasteiger partial charge on any atom is -0.383 e. The lowest BCUT2D eigenvalue weighted by molar-refractivity contribution is 0.190. The van der Waals surface area contributed by atoms with Gasteiger partial charge in [-0.3, -0.25) is 5.10 Å². The number of fused-ring (bicyclic) bond motifs is 1. The predicted octanol–water partition coefficient (Wildman–Crippen LogP) is 2.05. The summed E-state index contributed by atoms with van der Waals surface area (Å²) in [6, 6.07) is 7.97. The van der Waals surface area contributed by atoms with Crippen LogP contribution in [-0.2, 0) is 4.74 Å². The predicted molar refractivity (Wildman–Crippen MR) is 86.5 cm³/mol. The second-order valence-electron chi connectivity index (χ2n) is 5.13. The Hall–Kier alpha value is -2.67. The molecule has 0 aliphatic rings. The first-order chi connectivity index (χ1) is 10.7. The molecular weight excluding hydrogens is 280 g/mol. The van der Waals surface area contributed by atoms with Gasteiger partial charge in [0.2, 0.25) is 5.95 Å². The van der Waals surface area contributed by atoms with Gasteiger partial charge in [0.25, 0.3) is 0 Å². The standard InChI is InChI=1S/C15H18N6O/c1-9(8-22-2)18-14-11-4-3-10(12-5-6-17-21-12)7-13(11)19-15(16)20-14/h3-7,9H,8H2,1-2H3,(H,17,21)(H3,16,18,19,20)/t9-/m1/s1. The smallest absolute Gasteiger partial charge is 0.222 e. The maximum atomic E-state index is 5.83. The molecular formula is C15H18N6O. The molecule has 3 aromatic rings. The Bertz CT molecular complexity index is 771. The second-order valence-corrected chi connectivity index (χ2v) is 5.13. The third kappa shape index (κ3) is 2.84. The largest absolute Gasteiger partial charge is 0.383 e. The van der Waals surface area contributed by atoms with Gasteiger partial charge >= 0.3 is 0 Å². The molecule has 2 heterocycles. The molecule has 0 aliphatic heterocycles. The van der Waals surface area contributed by atoms with Crippen molar-refractivity contribution in [1.29, 1.82) is 0 Å². The molecule has 0 saturated carbocycles. The number of anilines is 2. The van der Waals surface area contributed by atoms with Gasteiger partial charge in [-0.05, 0) is 25.1 Å². The van der Waals surface area contributed by atoms with Crippen molar-refractivity contribution in [3.63, 3.8) is 0 Å². The van der Waals surface area contributed by atoms with Crippen LogP contribution in [0, 0.1) is 0 Å². The summed E-state index contributed by atoms with van der Waals surface area (Å²) >= 11 is 0. The van der Waals surface area contributed by atoms with Gasteiger partial charge in [0.15, 0.2) is 0 Å². The number of hydrogen-bond donors (Lipinski definition) is 3. The molecule has 0 amide bonds. The summed E-state index contributed by atoms with van der Waals surface area (Å²) in [4.78, 5) is 8.62. The third-order valence-electron chi connectivity index (χ3n) is 3.33. The van der Waals surface area contributed by atoms with E-state index < -0.39 is 0 Å². The van der Waals surface area contributed by atoms with Gasteiger partial charge in [0.1, 0.15) is 5.82 Å². The normalized spacial score (nSPS) is 12.5. The zero-order chi connectivity index (χ0) is 15.5. The zero-order valence-electron chi connectivity index (χ0n) is 12.5. The summed E-state index contributed by atoms with van der Waals surface area (Å²) in [6.07, 6.45) is 1.72. The van der Waals surface area contributed by atoms with Crippen LogP contribution in [0.1, 0.15) is 6.92 Å². The highest BCUT2D eigenvalue weighted by atomic mass is 16.5. The molecule has 7 heteroatoms. The van der Waals surface area contributed by atoms with Gasteiger partial charge in [-0.25, -0.2) is 4.98 Å². The van der Waals surface area contributed by atoms with Crippen molar-refractivity contribution in [3.05, 3.63) is 30.5 Å². The molecule has 114 valence electrons. The van der Waals surface area contributed by atoms with E-state index in [-0.39, 0.29) is 12.0 Å². The van der Waals surface area contributed by atoms with E-state index in [1.807, 2.05) is 31.2 Å². The third-order valence-corrected chi connectivity index (χ3v) is 3.33. The van der Waals surface area contributed by atoms with Gasteiger partial charge < -0.3 is 15.8 Å². The van der Waals surface area contributed by atoms with Crippen LogP contribution >= 0.6 is 0 Å². The number of aromatic amines is 1. The molecule has 4 N–H and O–H groups in total. The molecule has 7 nitrogen and oxygen atoms in total. The number of nitrogens with two attached hydrogens (primary N) is 1. The lowest BCUT2D eigenvalue weighted by atomic mass is 10.1. The van der Waals surface area contributed by atoms with Crippen LogP contribution in [0.25, 0.3) is 22.2 Å². The van der Waals surface area contributed by atoms with Gasteiger partial charge in [-0.2, -0.15) is 10.1 Å². The number of benzene rings is 1. The van der Waals surface area contributed by atoms with E-state index in [4.69, 9.17) is 10.5 Å². The first-order valence-corrected chi connectivity index (χ1v) is 7.00. The molecule has 0 spiro atoms. The molecule has 0 radical (unpaired) electrons. The fourth-order valence-corrected chi connectivity index (χ4v) is 2.37. The molecule has 2 aromatic heterocycles. The Morgan fingerprint density at radius 2 is 2.18 bits per heavy atom. The van der Waals surface area contributed by atoms with E-state index in [1.165, 1.54) is 0 Å². The van der Waals surface area contributed by atoms with Crippen molar-refractivity contribution in [2.24, 2.45) is 0 Å². The Labute approximate surface area is 127 Å². The van der Waals surface area contributed by atoms with Crippen LogP contribution in [0.5, 0.6) is 0 Å². The number of methoxy groups -OCH3 is 1. The first kappa shape index (κ1) is 14.3. The summed E-state index contributed by atoms with van der Waals surface area (Å²) in [7, 11) is 1.67. The van der Waals surface area contributed by atoms with Crippen LogP contribution in [0.3, 0.4) is 0 Å². The Morgan fingerprint density at radius 1 is 1.32 bits per heavy atom. The Balaban J connectivity index is 2.03. The molecule has 0 bridgehead atoms. The highest BCUT2D eigenvalue weighted by Crippen LogP contribution is 2.26. The van der Waals surface area contributed by atoms with Crippen molar-refractivity contribution < 1.29 is 4.74 Å². The number of nitrogen functional groups attached to an aromatic ring is 1. The molecule has 0 saturated heterocycles. The number of hydrogen-bond acceptors (Lipinski definition) is 6. The van der Waals surface area contributed by atoms with Crippen LogP contribution in [0.4, 0.5) is 11.8 Å². The summed E-state index contributed by atoms with van der Waals surface area (Å²) in [6.45, 7) is 2.60. The summed E-state index contributed by atoms with van der Waals surface area (Å²) in [5, 5.41) is 11.1. The SMILES string of the molecule is COC[C@@H](C)Nc1nc(N)nc2cc(-c3ccn[nH]3)ccc12. The summed E-state index contributed by atoms with van der Waals surface area (Å²) < 4.78 is 5.14. The zero-order valence-corrected chi connectivity index (χ0v) is 12.5. The quantitative estimate of drug-likeness (QED) is 0.666. The fraction of sp³-hybridized carbons (Fsp3) is 0.267. The number of rotatable bonds is 5. The van der Waals surface area contributed by atoms with E-state index in [2.05, 4.69) is 25.5 Å². The Morgan fingerprint density at radius 3 is 2.91 bits per heavy atom. The maximum absolute atomic E-state index is 5.83. The number of aromatic nitrogens is 4. The van der Waals surface area contributed by atoms with E-state index in [0.29, 0.717) is 12.4 Å². The topological polar surface area (TPSA) is 102 Å². The van der Waals surface area contributed by atoms with E-state index in [1.54, 1.807) is 13.3 Å². The van der Waals surface area contributed by atoms with Crippen molar-refractivity contribution in [3.8, 4) is 11.3 Å². The molecule has 1 atom stereocenters. The molecule has 0 unspecified atom stereocenters. The van der Waals surface area contributed by atoms with E-state index in [9.17, 15) is 0 Å². The minimum atomic E-state index is 0.120. The van der Waals surface area contributed by atoms with Gasteiger partial charge in [0, 0.05) is 30.3 Å². The number of nitrogens with one attached hydrogen (secondary N) is 2. The molecule has 3 rings (SSSR count). The number of ether oxygens (including phenoxy) is 1. The second kappa shape index (κ2) is 5.98. The number of H-pyrrole nitrogens is 1. The average molecular weight is 298 g/mol. The van der Waals surface area contributed by atoms with Crippen LogP contribution in [0.2, 0.25) is 0 Å². The molecule has 22 heavy (non-hydrogen) atoms. The average Bonchev–Trinajstić information content (AvgIpc) is 3.00. The molecule has 1 aromatic carbocycles. The summed E-state index contributed by atoms with van der Waals surface area (Å²) in [5.74, 6) is 0.949. The van der Waals surface area contributed by atoms with Crippen molar-refractivity contribution in [2.75, 3.05) is 24.8 Å². The lowest BCUT2D eigenvalue weighted by Gasteiger charge is -2.15. The van der Waals surface area contributed by atoms with Gasteiger partial charge in [-0.1, -0.05) is 6.07 Å². The van der Waals surface area contributed by atoms with Crippen LogP contribution in [0.15, 0.2) is 30.5 Å². The number of nitrogens with zero attached hydrogens (tertiary/aromatic N) is 3. The molecule has 0 aliphatic carbocycles. The highest BCUT2D eigenvalue weighted by Gasteiger charge is 2.10. The Kier molecular flexibility index (Phi) is 3.88. The minimum absolute atomic E-state index is 0.120. The van der Waals surface area contributed by atoms with Crippen LogP contribution in [-0.4, -0.2) is 39.9 Å². The first-order valence-electron chi connectivity index (χ1n) is 7.00.